The highest BCUT2D eigenvalue weighted by molar-refractivity contribution is 5.96. The molecule has 1 amide bonds. The SMILES string of the molecule is CCCC(Nc1ccc(-n2cc(C(F)(F)F)cn2)nc1)c1ccc(C(=O)NC(C)C(=O)O)cc1F. The van der Waals surface area contributed by atoms with Gasteiger partial charge in [-0.1, -0.05) is 19.4 Å². The number of nitrogens with one attached hydrogen (secondary N) is 2. The van der Waals surface area contributed by atoms with Crippen LogP contribution in [-0.2, 0) is 11.0 Å². The fourth-order valence-corrected chi connectivity index (χ4v) is 3.29. The van der Waals surface area contributed by atoms with Crippen molar-refractivity contribution in [3.05, 3.63) is 71.4 Å². The second-order valence-electron chi connectivity index (χ2n) is 7.83. The smallest absolute Gasteiger partial charge is 0.419 e. The van der Waals surface area contributed by atoms with Crippen molar-refractivity contribution < 1.29 is 32.3 Å². The molecule has 2 aromatic heterocycles. The number of rotatable bonds is 9. The fourth-order valence-electron chi connectivity index (χ4n) is 3.29. The first-order valence-electron chi connectivity index (χ1n) is 10.7. The van der Waals surface area contributed by atoms with Crippen molar-refractivity contribution in [1.29, 1.82) is 0 Å². The van der Waals surface area contributed by atoms with Crippen molar-refractivity contribution in [2.75, 3.05) is 5.32 Å². The van der Waals surface area contributed by atoms with Crippen LogP contribution in [0.4, 0.5) is 23.2 Å². The molecule has 35 heavy (non-hydrogen) atoms. The minimum atomic E-state index is -4.51. The highest BCUT2D eigenvalue weighted by atomic mass is 19.4. The Morgan fingerprint density at radius 3 is 2.46 bits per heavy atom. The number of alkyl halides is 3. The third kappa shape index (κ3) is 6.34. The zero-order valence-electron chi connectivity index (χ0n) is 18.8. The van der Waals surface area contributed by atoms with Crippen LogP contribution < -0.4 is 10.6 Å². The summed E-state index contributed by atoms with van der Waals surface area (Å²) in [6, 6.07) is 5.36. The van der Waals surface area contributed by atoms with E-state index in [1.165, 1.54) is 31.3 Å². The number of carboxylic acids is 1. The third-order valence-electron chi connectivity index (χ3n) is 5.17. The predicted molar refractivity (Wildman–Crippen MR) is 119 cm³/mol. The molecular formula is C23H23F4N5O3. The van der Waals surface area contributed by atoms with Crippen LogP contribution in [0.15, 0.2) is 48.9 Å². The molecular weight excluding hydrogens is 470 g/mol. The van der Waals surface area contributed by atoms with Crippen LogP contribution in [-0.4, -0.2) is 37.8 Å². The Labute approximate surface area is 198 Å². The summed E-state index contributed by atoms with van der Waals surface area (Å²) in [4.78, 5) is 27.2. The van der Waals surface area contributed by atoms with E-state index in [1.807, 2.05) is 6.92 Å². The molecule has 8 nitrogen and oxygen atoms in total. The zero-order chi connectivity index (χ0) is 25.8. The summed E-state index contributed by atoms with van der Waals surface area (Å²) in [6.45, 7) is 3.21. The molecule has 12 heteroatoms. The molecule has 3 aromatic rings. The molecule has 0 saturated heterocycles. The number of pyridine rings is 1. The van der Waals surface area contributed by atoms with Crippen molar-refractivity contribution in [3.63, 3.8) is 0 Å². The topological polar surface area (TPSA) is 109 Å². The average Bonchev–Trinajstić information content (AvgIpc) is 3.30. The third-order valence-corrected chi connectivity index (χ3v) is 5.17. The number of aromatic nitrogens is 3. The summed E-state index contributed by atoms with van der Waals surface area (Å²) in [5.74, 6) is -2.39. The maximum Gasteiger partial charge on any atom is 0.419 e. The standard InChI is InChI=1S/C23H23F4N5O3/c1-3-4-19(17-7-5-14(9-18(17)24)21(33)30-13(2)22(34)35)31-16-6-8-20(28-11-16)32-12-15(10-29-32)23(25,26)27/h5-13,19,31H,3-4H2,1-2H3,(H,30,33)(H,34,35). The Morgan fingerprint density at radius 1 is 1.17 bits per heavy atom. The van der Waals surface area contributed by atoms with Gasteiger partial charge in [0.05, 0.1) is 29.7 Å². The van der Waals surface area contributed by atoms with Crippen LogP contribution in [0, 0.1) is 5.82 Å². The Balaban J connectivity index is 1.76. The predicted octanol–water partition coefficient (Wildman–Crippen LogP) is 4.58. The molecule has 0 aliphatic heterocycles. The number of hydrogen-bond donors (Lipinski definition) is 3. The molecule has 2 heterocycles. The Kier molecular flexibility index (Phi) is 7.72. The van der Waals surface area contributed by atoms with Gasteiger partial charge in [-0.3, -0.25) is 9.59 Å². The van der Waals surface area contributed by atoms with Gasteiger partial charge in [0.25, 0.3) is 5.91 Å². The van der Waals surface area contributed by atoms with Gasteiger partial charge in [-0.15, -0.1) is 0 Å². The van der Waals surface area contributed by atoms with E-state index in [-0.39, 0.29) is 11.4 Å². The molecule has 0 bridgehead atoms. The molecule has 3 N–H and O–H groups in total. The number of carbonyl (C=O) groups is 2. The first-order chi connectivity index (χ1) is 16.5. The van der Waals surface area contributed by atoms with Crippen molar-refractivity contribution in [2.45, 2.75) is 44.9 Å². The maximum atomic E-state index is 14.9. The first kappa shape index (κ1) is 25.7. The molecule has 0 spiro atoms. The lowest BCUT2D eigenvalue weighted by Gasteiger charge is -2.21. The summed E-state index contributed by atoms with van der Waals surface area (Å²) in [5, 5.41) is 18.0. The maximum absolute atomic E-state index is 14.9. The van der Waals surface area contributed by atoms with Crippen LogP contribution >= 0.6 is 0 Å². The number of anilines is 1. The molecule has 3 rings (SSSR count). The number of aliphatic carboxylic acids is 1. The number of carbonyl (C=O) groups excluding carboxylic acids is 1. The minimum Gasteiger partial charge on any atom is -0.480 e. The Morgan fingerprint density at radius 2 is 1.91 bits per heavy atom. The largest absolute Gasteiger partial charge is 0.480 e. The number of halogens is 4. The quantitative estimate of drug-likeness (QED) is 0.377. The first-order valence-corrected chi connectivity index (χ1v) is 10.7. The van der Waals surface area contributed by atoms with Gasteiger partial charge in [-0.25, -0.2) is 14.1 Å². The molecule has 0 radical (unpaired) electrons. The second-order valence-corrected chi connectivity index (χ2v) is 7.83. The van der Waals surface area contributed by atoms with E-state index in [1.54, 1.807) is 6.07 Å². The number of nitrogens with zero attached hydrogens (tertiary/aromatic N) is 3. The molecule has 2 unspecified atom stereocenters. The summed E-state index contributed by atoms with van der Waals surface area (Å²) in [5.41, 5.74) is -0.111. The monoisotopic (exact) mass is 493 g/mol. The molecule has 186 valence electrons. The summed E-state index contributed by atoms with van der Waals surface area (Å²) >= 11 is 0. The second kappa shape index (κ2) is 10.5. The molecule has 2 atom stereocenters. The summed E-state index contributed by atoms with van der Waals surface area (Å²) < 4.78 is 54.3. The van der Waals surface area contributed by atoms with Gasteiger partial charge in [0.15, 0.2) is 5.82 Å². The lowest BCUT2D eigenvalue weighted by Crippen LogP contribution is -2.38. The fraction of sp³-hybridized carbons (Fsp3) is 0.304. The van der Waals surface area contributed by atoms with E-state index in [0.717, 1.165) is 16.9 Å². The number of hydrogen-bond acceptors (Lipinski definition) is 5. The number of amides is 1. The van der Waals surface area contributed by atoms with Crippen LogP contribution in [0.5, 0.6) is 0 Å². The summed E-state index contributed by atoms with van der Waals surface area (Å²) in [7, 11) is 0. The summed E-state index contributed by atoms with van der Waals surface area (Å²) in [6.07, 6.45) is -0.329. The molecule has 1 aromatic carbocycles. The molecule has 0 fully saturated rings. The highest BCUT2D eigenvalue weighted by Crippen LogP contribution is 2.30. The Hall–Kier alpha value is -3.96. The van der Waals surface area contributed by atoms with Crippen molar-refractivity contribution in [2.24, 2.45) is 0 Å². The van der Waals surface area contributed by atoms with Crippen LogP contribution in [0.1, 0.15) is 54.2 Å². The van der Waals surface area contributed by atoms with E-state index in [9.17, 15) is 27.2 Å². The normalized spacial score (nSPS) is 13.2. The van der Waals surface area contributed by atoms with Crippen molar-refractivity contribution in [1.82, 2.24) is 20.1 Å². The molecule has 0 aliphatic rings. The van der Waals surface area contributed by atoms with Crippen LogP contribution in [0.25, 0.3) is 5.82 Å². The van der Waals surface area contributed by atoms with Gasteiger partial charge in [0.2, 0.25) is 0 Å². The van der Waals surface area contributed by atoms with Crippen LogP contribution in [0.3, 0.4) is 0 Å². The van der Waals surface area contributed by atoms with Gasteiger partial charge < -0.3 is 15.7 Å². The van der Waals surface area contributed by atoms with E-state index in [0.29, 0.717) is 30.3 Å². The van der Waals surface area contributed by atoms with Gasteiger partial charge in [0, 0.05) is 17.3 Å². The van der Waals surface area contributed by atoms with E-state index >= 15 is 0 Å². The lowest BCUT2D eigenvalue weighted by molar-refractivity contribution is -0.139. The average molecular weight is 493 g/mol. The van der Waals surface area contributed by atoms with Gasteiger partial charge >= 0.3 is 12.1 Å². The van der Waals surface area contributed by atoms with E-state index < -0.39 is 41.5 Å². The van der Waals surface area contributed by atoms with E-state index in [4.69, 9.17) is 5.11 Å². The van der Waals surface area contributed by atoms with Gasteiger partial charge in [0.1, 0.15) is 11.9 Å². The number of benzene rings is 1. The van der Waals surface area contributed by atoms with Crippen molar-refractivity contribution >= 4 is 17.6 Å². The molecule has 0 saturated carbocycles. The lowest BCUT2D eigenvalue weighted by atomic mass is 9.99. The molecule has 0 aliphatic carbocycles. The Bertz CT molecular complexity index is 1190. The zero-order valence-corrected chi connectivity index (χ0v) is 18.8. The number of carboxylic acid groups (broad SMARTS) is 1. The van der Waals surface area contributed by atoms with Crippen molar-refractivity contribution in [3.8, 4) is 5.82 Å². The van der Waals surface area contributed by atoms with Gasteiger partial charge in [-0.05, 0) is 37.6 Å². The minimum absolute atomic E-state index is 0.0157. The van der Waals surface area contributed by atoms with E-state index in [2.05, 4.69) is 20.7 Å². The van der Waals surface area contributed by atoms with Crippen LogP contribution in [0.2, 0.25) is 0 Å². The van der Waals surface area contributed by atoms with Gasteiger partial charge in [-0.2, -0.15) is 18.3 Å². The highest BCUT2D eigenvalue weighted by Gasteiger charge is 2.32.